The van der Waals surface area contributed by atoms with Crippen LogP contribution in [0.4, 0.5) is 4.39 Å². The molecule has 0 spiro atoms. The van der Waals surface area contributed by atoms with E-state index in [1.165, 1.54) is 12.1 Å². The number of imidazole rings is 1. The van der Waals surface area contributed by atoms with Crippen LogP contribution in [0.25, 0.3) is 11.3 Å². The fourth-order valence-corrected chi connectivity index (χ4v) is 2.35. The van der Waals surface area contributed by atoms with E-state index in [1.807, 2.05) is 12.4 Å². The van der Waals surface area contributed by atoms with Gasteiger partial charge in [-0.2, -0.15) is 0 Å². The normalized spacial score (nSPS) is 19.1. The van der Waals surface area contributed by atoms with Crippen molar-refractivity contribution in [3.8, 4) is 11.3 Å². The second-order valence-electron chi connectivity index (χ2n) is 4.50. The first-order valence-corrected chi connectivity index (χ1v) is 5.79. The van der Waals surface area contributed by atoms with Crippen LogP contribution < -0.4 is 5.73 Å². The van der Waals surface area contributed by atoms with Crippen molar-refractivity contribution in [2.24, 2.45) is 5.73 Å². The minimum atomic E-state index is -0.232. The third-order valence-corrected chi connectivity index (χ3v) is 3.24. The largest absolute Gasteiger partial charge is 0.334 e. The summed E-state index contributed by atoms with van der Waals surface area (Å²) in [5.74, 6) is -0.232. The Balaban J connectivity index is 2.07. The van der Waals surface area contributed by atoms with Gasteiger partial charge in [0.2, 0.25) is 0 Å². The van der Waals surface area contributed by atoms with Crippen LogP contribution in [0.1, 0.15) is 12.1 Å². The molecule has 0 bridgehead atoms. The molecule has 0 amide bonds. The van der Waals surface area contributed by atoms with E-state index in [-0.39, 0.29) is 11.9 Å². The zero-order chi connectivity index (χ0) is 11.8. The third kappa shape index (κ3) is 1.85. The lowest BCUT2D eigenvalue weighted by Crippen LogP contribution is -2.30. The van der Waals surface area contributed by atoms with Crippen LogP contribution in [0.3, 0.4) is 0 Å². The van der Waals surface area contributed by atoms with Crippen molar-refractivity contribution in [1.29, 1.82) is 0 Å². The zero-order valence-electron chi connectivity index (χ0n) is 9.44. The van der Waals surface area contributed by atoms with Gasteiger partial charge in [-0.1, -0.05) is 12.1 Å². The van der Waals surface area contributed by atoms with Gasteiger partial charge < -0.3 is 10.3 Å². The number of aromatic nitrogens is 2. The first-order valence-electron chi connectivity index (χ1n) is 5.79. The van der Waals surface area contributed by atoms with Gasteiger partial charge in [-0.25, -0.2) is 9.37 Å². The van der Waals surface area contributed by atoms with Crippen molar-refractivity contribution in [3.05, 3.63) is 42.1 Å². The molecule has 1 aliphatic rings. The predicted molar refractivity (Wildman–Crippen MR) is 63.9 cm³/mol. The van der Waals surface area contributed by atoms with Gasteiger partial charge >= 0.3 is 0 Å². The molecule has 2 N–H and O–H groups in total. The Hall–Kier alpha value is -1.68. The summed E-state index contributed by atoms with van der Waals surface area (Å²) in [6.45, 7) is 0.902. The predicted octanol–water partition coefficient (Wildman–Crippen LogP) is 1.96. The van der Waals surface area contributed by atoms with Crippen molar-refractivity contribution in [2.45, 2.75) is 25.4 Å². The molecule has 2 heterocycles. The first-order chi connectivity index (χ1) is 8.24. The number of nitrogens with two attached hydrogens (primary N) is 1. The molecule has 4 heteroatoms. The molecule has 3 rings (SSSR count). The van der Waals surface area contributed by atoms with Crippen molar-refractivity contribution >= 4 is 0 Å². The van der Waals surface area contributed by atoms with Crippen molar-refractivity contribution in [3.63, 3.8) is 0 Å². The Labute approximate surface area is 99.1 Å². The number of halogens is 1. The molecular formula is C13H14FN3. The maximum absolute atomic E-state index is 13.2. The highest BCUT2D eigenvalue weighted by atomic mass is 19.1. The van der Waals surface area contributed by atoms with E-state index in [2.05, 4.69) is 9.55 Å². The quantitative estimate of drug-likeness (QED) is 0.815. The number of fused-ring (bicyclic) bond motifs is 1. The van der Waals surface area contributed by atoms with Crippen LogP contribution in [-0.4, -0.2) is 15.6 Å². The van der Waals surface area contributed by atoms with E-state index in [1.54, 1.807) is 6.07 Å². The second kappa shape index (κ2) is 3.96. The number of hydrogen-bond donors (Lipinski definition) is 1. The SMILES string of the molecule is NC1CCn2cnc(-c3cccc(F)c3)c2C1. The maximum Gasteiger partial charge on any atom is 0.123 e. The summed E-state index contributed by atoms with van der Waals surface area (Å²) in [4.78, 5) is 4.38. The molecular weight excluding hydrogens is 217 g/mol. The van der Waals surface area contributed by atoms with E-state index in [9.17, 15) is 4.39 Å². The summed E-state index contributed by atoms with van der Waals surface area (Å²) in [6, 6.07) is 6.73. The number of rotatable bonds is 1. The van der Waals surface area contributed by atoms with Crippen LogP contribution in [-0.2, 0) is 13.0 Å². The highest BCUT2D eigenvalue weighted by molar-refractivity contribution is 5.62. The molecule has 88 valence electrons. The standard InChI is InChI=1S/C13H14FN3/c14-10-3-1-2-9(6-10)13-12-7-11(15)4-5-17(12)8-16-13/h1-3,6,8,11H,4-5,7,15H2. The molecule has 1 aromatic heterocycles. The van der Waals surface area contributed by atoms with Gasteiger partial charge in [0.1, 0.15) is 5.82 Å². The molecule has 0 aliphatic carbocycles. The average molecular weight is 231 g/mol. The van der Waals surface area contributed by atoms with Gasteiger partial charge in [0.05, 0.1) is 12.0 Å². The van der Waals surface area contributed by atoms with E-state index < -0.39 is 0 Å². The third-order valence-electron chi connectivity index (χ3n) is 3.24. The van der Waals surface area contributed by atoms with Crippen molar-refractivity contribution in [1.82, 2.24) is 9.55 Å². The number of nitrogens with zero attached hydrogens (tertiary/aromatic N) is 2. The van der Waals surface area contributed by atoms with Crippen LogP contribution in [0, 0.1) is 5.82 Å². The average Bonchev–Trinajstić information content (AvgIpc) is 2.71. The van der Waals surface area contributed by atoms with Gasteiger partial charge in [-0.05, 0) is 18.6 Å². The summed E-state index contributed by atoms with van der Waals surface area (Å²) < 4.78 is 15.3. The fraction of sp³-hybridized carbons (Fsp3) is 0.308. The van der Waals surface area contributed by atoms with E-state index in [0.29, 0.717) is 0 Å². The van der Waals surface area contributed by atoms with E-state index in [0.717, 1.165) is 36.3 Å². The van der Waals surface area contributed by atoms with Gasteiger partial charge in [0, 0.05) is 30.3 Å². The summed E-state index contributed by atoms with van der Waals surface area (Å²) in [7, 11) is 0. The number of aryl methyl sites for hydroxylation is 1. The Morgan fingerprint density at radius 1 is 1.41 bits per heavy atom. The molecule has 1 atom stereocenters. The minimum absolute atomic E-state index is 0.187. The van der Waals surface area contributed by atoms with Gasteiger partial charge in [0.25, 0.3) is 0 Å². The lowest BCUT2D eigenvalue weighted by molar-refractivity contribution is 0.472. The molecule has 0 radical (unpaired) electrons. The summed E-state index contributed by atoms with van der Waals surface area (Å²) in [5.41, 5.74) is 8.78. The highest BCUT2D eigenvalue weighted by Crippen LogP contribution is 2.26. The molecule has 0 saturated carbocycles. The Bertz CT molecular complexity index is 547. The number of benzene rings is 1. The van der Waals surface area contributed by atoms with Gasteiger partial charge in [0.15, 0.2) is 0 Å². The smallest absolute Gasteiger partial charge is 0.123 e. The van der Waals surface area contributed by atoms with Gasteiger partial charge in [-0.3, -0.25) is 0 Å². The molecule has 2 aromatic rings. The second-order valence-corrected chi connectivity index (χ2v) is 4.50. The first kappa shape index (κ1) is 10.5. The highest BCUT2D eigenvalue weighted by Gasteiger charge is 2.20. The number of hydrogen-bond acceptors (Lipinski definition) is 2. The molecule has 1 aromatic carbocycles. The monoisotopic (exact) mass is 231 g/mol. The van der Waals surface area contributed by atoms with E-state index in [4.69, 9.17) is 5.73 Å². The Morgan fingerprint density at radius 3 is 3.12 bits per heavy atom. The topological polar surface area (TPSA) is 43.8 Å². The minimum Gasteiger partial charge on any atom is -0.334 e. The lowest BCUT2D eigenvalue weighted by atomic mass is 10.0. The Kier molecular flexibility index (Phi) is 2.44. The summed E-state index contributed by atoms with van der Waals surface area (Å²) >= 11 is 0. The molecule has 0 fully saturated rings. The fourth-order valence-electron chi connectivity index (χ4n) is 2.35. The van der Waals surface area contributed by atoms with Crippen LogP contribution in [0.2, 0.25) is 0 Å². The lowest BCUT2D eigenvalue weighted by Gasteiger charge is -2.21. The molecule has 0 saturated heterocycles. The molecule has 17 heavy (non-hydrogen) atoms. The van der Waals surface area contributed by atoms with Gasteiger partial charge in [-0.15, -0.1) is 0 Å². The van der Waals surface area contributed by atoms with Crippen LogP contribution >= 0.6 is 0 Å². The van der Waals surface area contributed by atoms with Crippen LogP contribution in [0.5, 0.6) is 0 Å². The van der Waals surface area contributed by atoms with Crippen molar-refractivity contribution < 1.29 is 4.39 Å². The summed E-state index contributed by atoms with van der Waals surface area (Å²) in [5, 5.41) is 0. The molecule has 1 aliphatic heterocycles. The summed E-state index contributed by atoms with van der Waals surface area (Å²) in [6.07, 6.45) is 3.61. The maximum atomic E-state index is 13.2. The van der Waals surface area contributed by atoms with E-state index >= 15 is 0 Å². The zero-order valence-corrected chi connectivity index (χ0v) is 9.44. The molecule has 1 unspecified atom stereocenters. The Morgan fingerprint density at radius 2 is 2.29 bits per heavy atom. The van der Waals surface area contributed by atoms with Crippen LogP contribution in [0.15, 0.2) is 30.6 Å². The van der Waals surface area contributed by atoms with Crippen molar-refractivity contribution in [2.75, 3.05) is 0 Å². The molecule has 3 nitrogen and oxygen atoms in total.